The molecule has 3 aliphatic carbocycles. The zero-order valence-electron chi connectivity index (χ0n) is 21.8. The summed E-state index contributed by atoms with van der Waals surface area (Å²) in [6.45, 7) is 4.52. The fourth-order valence-electron chi connectivity index (χ4n) is 7.42. The Labute approximate surface area is 208 Å². The Hall–Kier alpha value is -1.18. The summed E-state index contributed by atoms with van der Waals surface area (Å²) >= 11 is 0. The van der Waals surface area contributed by atoms with Gasteiger partial charge in [-0.3, -0.25) is 0 Å². The number of unbranched alkanes of at least 4 members (excludes halogenated alkanes) is 2. The molecule has 0 aliphatic heterocycles. The summed E-state index contributed by atoms with van der Waals surface area (Å²) in [5.74, 6) is 2.33. The van der Waals surface area contributed by atoms with Gasteiger partial charge in [0.1, 0.15) is 0 Å². The second-order valence-electron chi connectivity index (χ2n) is 11.9. The zero-order chi connectivity index (χ0) is 23.9. The van der Waals surface area contributed by atoms with Crippen molar-refractivity contribution >= 4 is 0 Å². The van der Waals surface area contributed by atoms with E-state index in [0.29, 0.717) is 17.0 Å². The zero-order valence-corrected chi connectivity index (χ0v) is 21.8. The molecule has 0 saturated heterocycles. The Kier molecular flexibility index (Phi) is 9.66. The van der Waals surface area contributed by atoms with Crippen molar-refractivity contribution in [2.45, 2.75) is 128 Å². The number of benzene rings is 1. The van der Waals surface area contributed by atoms with Crippen molar-refractivity contribution in [2.24, 2.45) is 23.7 Å². The molecule has 34 heavy (non-hydrogen) atoms. The van der Waals surface area contributed by atoms with E-state index in [9.17, 15) is 0 Å². The molecule has 2 fully saturated rings. The summed E-state index contributed by atoms with van der Waals surface area (Å²) in [4.78, 5) is 0. The lowest BCUT2D eigenvalue weighted by Crippen LogP contribution is -2.23. The van der Waals surface area contributed by atoms with Gasteiger partial charge in [0.15, 0.2) is 11.6 Å². The molecule has 2 atom stereocenters. The van der Waals surface area contributed by atoms with Crippen LogP contribution in [0.15, 0.2) is 24.3 Å². The van der Waals surface area contributed by atoms with Crippen molar-refractivity contribution in [1.82, 2.24) is 0 Å². The molecule has 4 rings (SSSR count). The third-order valence-electron chi connectivity index (χ3n) is 9.62. The van der Waals surface area contributed by atoms with E-state index < -0.39 is 11.6 Å². The Balaban J connectivity index is 1.30. The molecule has 0 spiro atoms. The molecular weight excluding hydrogens is 422 g/mol. The van der Waals surface area contributed by atoms with Crippen LogP contribution in [-0.4, -0.2) is 0 Å². The summed E-state index contributed by atoms with van der Waals surface area (Å²) in [7, 11) is 0. The highest BCUT2D eigenvalue weighted by molar-refractivity contribution is 5.32. The average molecular weight is 471 g/mol. The molecule has 2 saturated carbocycles. The Morgan fingerprint density at radius 2 is 1.26 bits per heavy atom. The van der Waals surface area contributed by atoms with Crippen molar-refractivity contribution in [2.75, 3.05) is 0 Å². The predicted molar refractivity (Wildman–Crippen MR) is 140 cm³/mol. The molecular formula is C32H48F2. The van der Waals surface area contributed by atoms with E-state index in [2.05, 4.69) is 26.0 Å². The van der Waals surface area contributed by atoms with Gasteiger partial charge < -0.3 is 0 Å². The molecule has 0 radical (unpaired) electrons. The van der Waals surface area contributed by atoms with Crippen molar-refractivity contribution in [3.8, 4) is 0 Å². The van der Waals surface area contributed by atoms with Gasteiger partial charge in [0.2, 0.25) is 0 Å². The molecule has 2 unspecified atom stereocenters. The van der Waals surface area contributed by atoms with E-state index in [1.54, 1.807) is 0 Å². The Morgan fingerprint density at radius 1 is 0.647 bits per heavy atom. The smallest absolute Gasteiger partial charge is 0.162 e. The van der Waals surface area contributed by atoms with Crippen LogP contribution in [0.5, 0.6) is 0 Å². The van der Waals surface area contributed by atoms with Crippen molar-refractivity contribution in [3.63, 3.8) is 0 Å². The van der Waals surface area contributed by atoms with Crippen LogP contribution < -0.4 is 0 Å². The number of halogens is 2. The molecule has 3 aliphatic rings. The van der Waals surface area contributed by atoms with Gasteiger partial charge in [-0.25, -0.2) is 8.78 Å². The molecule has 2 heteroatoms. The van der Waals surface area contributed by atoms with Crippen LogP contribution in [0.2, 0.25) is 0 Å². The van der Waals surface area contributed by atoms with Crippen molar-refractivity contribution < 1.29 is 8.78 Å². The fourth-order valence-corrected chi connectivity index (χ4v) is 7.42. The van der Waals surface area contributed by atoms with E-state index in [4.69, 9.17) is 0 Å². The van der Waals surface area contributed by atoms with Crippen LogP contribution in [-0.2, 0) is 0 Å². The Morgan fingerprint density at radius 3 is 1.79 bits per heavy atom. The molecule has 0 N–H and O–H groups in total. The number of hydrogen-bond acceptors (Lipinski definition) is 0. The molecule has 0 heterocycles. The highest BCUT2D eigenvalue weighted by Crippen LogP contribution is 2.44. The van der Waals surface area contributed by atoms with E-state index in [-0.39, 0.29) is 11.8 Å². The minimum absolute atomic E-state index is 0.189. The predicted octanol–water partition coefficient (Wildman–Crippen LogP) is 10.5. The lowest BCUT2D eigenvalue weighted by molar-refractivity contribution is 0.237. The van der Waals surface area contributed by atoms with Gasteiger partial charge in [-0.15, -0.1) is 0 Å². The maximum atomic E-state index is 15.3. The minimum Gasteiger partial charge on any atom is -0.203 e. The summed E-state index contributed by atoms with van der Waals surface area (Å²) < 4.78 is 30.5. The topological polar surface area (TPSA) is 0 Å². The Bertz CT molecular complexity index is 780. The molecule has 0 amide bonds. The number of rotatable bonds is 9. The first-order valence-corrected chi connectivity index (χ1v) is 14.8. The van der Waals surface area contributed by atoms with E-state index in [1.807, 2.05) is 12.1 Å². The molecule has 190 valence electrons. The summed E-state index contributed by atoms with van der Waals surface area (Å²) in [5, 5.41) is 0. The van der Waals surface area contributed by atoms with E-state index in [1.165, 1.54) is 64.2 Å². The van der Waals surface area contributed by atoms with Gasteiger partial charge in [0.25, 0.3) is 0 Å². The largest absolute Gasteiger partial charge is 0.203 e. The maximum Gasteiger partial charge on any atom is 0.162 e. The lowest BCUT2D eigenvalue weighted by atomic mass is 9.70. The first kappa shape index (κ1) is 25.9. The van der Waals surface area contributed by atoms with E-state index in [0.717, 1.165) is 56.3 Å². The summed E-state index contributed by atoms with van der Waals surface area (Å²) in [5.41, 5.74) is 1.30. The third kappa shape index (κ3) is 6.33. The van der Waals surface area contributed by atoms with Crippen LogP contribution >= 0.6 is 0 Å². The van der Waals surface area contributed by atoms with Crippen LogP contribution in [0.4, 0.5) is 8.78 Å². The van der Waals surface area contributed by atoms with Gasteiger partial charge in [-0.1, -0.05) is 70.2 Å². The van der Waals surface area contributed by atoms with Crippen LogP contribution in [0, 0.1) is 35.3 Å². The number of hydrogen-bond donors (Lipinski definition) is 0. The molecule has 1 aromatic carbocycles. The van der Waals surface area contributed by atoms with Crippen LogP contribution in [0.25, 0.3) is 0 Å². The van der Waals surface area contributed by atoms with Gasteiger partial charge >= 0.3 is 0 Å². The monoisotopic (exact) mass is 470 g/mol. The summed E-state index contributed by atoms with van der Waals surface area (Å²) in [6.07, 6.45) is 24.1. The van der Waals surface area contributed by atoms with Crippen LogP contribution in [0.1, 0.15) is 140 Å². The SMILES string of the molecule is CCCCCC1CCC(c2ccc(C3CCC(C4C=CC(CCC)CC4)CC3)c(F)c2F)CC1. The van der Waals surface area contributed by atoms with E-state index >= 15 is 8.78 Å². The summed E-state index contributed by atoms with van der Waals surface area (Å²) in [6, 6.07) is 3.89. The standard InChI is InChI=1S/C32H48F2/c1-3-5-6-8-24-11-15-27(16-12-24)29-21-22-30(32(34)31(29)33)28-19-17-26(18-20-28)25-13-9-23(7-4-2)10-14-25/h9,13,21-28H,3-8,10-12,14-20H2,1-2H3. The molecule has 0 bridgehead atoms. The van der Waals surface area contributed by atoms with Crippen molar-refractivity contribution in [1.29, 1.82) is 0 Å². The third-order valence-corrected chi connectivity index (χ3v) is 9.62. The molecule has 1 aromatic rings. The maximum absolute atomic E-state index is 15.3. The number of allylic oxidation sites excluding steroid dienone is 2. The van der Waals surface area contributed by atoms with Gasteiger partial charge in [0.05, 0.1) is 0 Å². The normalized spacial score (nSPS) is 32.1. The van der Waals surface area contributed by atoms with Gasteiger partial charge in [0, 0.05) is 0 Å². The first-order chi connectivity index (χ1) is 16.6. The lowest BCUT2D eigenvalue weighted by Gasteiger charge is -2.35. The molecule has 0 nitrogen and oxygen atoms in total. The average Bonchev–Trinajstić information content (AvgIpc) is 2.87. The second kappa shape index (κ2) is 12.7. The van der Waals surface area contributed by atoms with Crippen LogP contribution in [0.3, 0.4) is 0 Å². The van der Waals surface area contributed by atoms with Gasteiger partial charge in [-0.2, -0.15) is 0 Å². The first-order valence-electron chi connectivity index (χ1n) is 14.8. The van der Waals surface area contributed by atoms with Crippen molar-refractivity contribution in [3.05, 3.63) is 47.0 Å². The molecule has 0 aromatic heterocycles. The second-order valence-corrected chi connectivity index (χ2v) is 11.9. The van der Waals surface area contributed by atoms with Gasteiger partial charge in [-0.05, 0) is 117 Å². The quantitative estimate of drug-likeness (QED) is 0.249. The minimum atomic E-state index is -0.536. The highest BCUT2D eigenvalue weighted by Gasteiger charge is 2.32. The highest BCUT2D eigenvalue weighted by atomic mass is 19.2. The fraction of sp³-hybridized carbons (Fsp3) is 0.750.